The molecule has 0 aliphatic heterocycles. The third kappa shape index (κ3) is 2.23. The van der Waals surface area contributed by atoms with Gasteiger partial charge < -0.3 is 5.11 Å². The normalized spacial score (nSPS) is 13.9. The molecule has 0 aliphatic rings. The van der Waals surface area contributed by atoms with Crippen molar-refractivity contribution in [1.82, 2.24) is 0 Å². The van der Waals surface area contributed by atoms with E-state index >= 15 is 0 Å². The molecule has 1 aromatic rings. The summed E-state index contributed by atoms with van der Waals surface area (Å²) in [6.45, 7) is 1.41. The van der Waals surface area contributed by atoms with Gasteiger partial charge in [-0.05, 0) is 13.0 Å². The van der Waals surface area contributed by atoms with Crippen molar-refractivity contribution < 1.29 is 17.9 Å². The number of sulfone groups is 1. The average molecular weight is 218 g/mol. The van der Waals surface area contributed by atoms with Crippen molar-refractivity contribution in [3.8, 4) is 5.75 Å². The Hall–Kier alpha value is -1.10. The standard InChI is InChI=1S/C9H11FO3S/c1-6(14(2,12)13)8-4-3-7(11)5-9(8)10/h3-6,11H,1-2H3. The van der Waals surface area contributed by atoms with E-state index in [1.807, 2.05) is 0 Å². The van der Waals surface area contributed by atoms with Gasteiger partial charge in [0.2, 0.25) is 0 Å². The Balaban J connectivity index is 3.21. The molecular formula is C9H11FO3S. The summed E-state index contributed by atoms with van der Waals surface area (Å²) in [5, 5.41) is 8.03. The largest absolute Gasteiger partial charge is 0.508 e. The maximum Gasteiger partial charge on any atom is 0.154 e. The minimum Gasteiger partial charge on any atom is -0.508 e. The molecule has 0 fully saturated rings. The topological polar surface area (TPSA) is 54.4 Å². The quantitative estimate of drug-likeness (QED) is 0.821. The Morgan fingerprint density at radius 2 is 2.00 bits per heavy atom. The van der Waals surface area contributed by atoms with E-state index in [0.29, 0.717) is 0 Å². The summed E-state index contributed by atoms with van der Waals surface area (Å²) < 4.78 is 35.5. The predicted octanol–water partition coefficient (Wildman–Crippen LogP) is 1.64. The Kier molecular flexibility index (Phi) is 2.80. The molecule has 0 saturated carbocycles. The lowest BCUT2D eigenvalue weighted by molar-refractivity contribution is 0.467. The molecule has 1 N–H and O–H groups in total. The van der Waals surface area contributed by atoms with E-state index in [-0.39, 0.29) is 11.3 Å². The minimum absolute atomic E-state index is 0.0744. The molecule has 1 unspecified atom stereocenters. The van der Waals surface area contributed by atoms with E-state index in [0.717, 1.165) is 12.3 Å². The van der Waals surface area contributed by atoms with Gasteiger partial charge >= 0.3 is 0 Å². The van der Waals surface area contributed by atoms with Gasteiger partial charge in [0.15, 0.2) is 9.84 Å². The zero-order valence-electron chi connectivity index (χ0n) is 7.86. The van der Waals surface area contributed by atoms with Crippen molar-refractivity contribution in [1.29, 1.82) is 0 Å². The molecule has 0 heterocycles. The lowest BCUT2D eigenvalue weighted by Crippen LogP contribution is -2.09. The van der Waals surface area contributed by atoms with E-state index in [1.54, 1.807) is 0 Å². The van der Waals surface area contributed by atoms with Crippen molar-refractivity contribution in [2.75, 3.05) is 6.26 Å². The molecule has 0 amide bonds. The highest BCUT2D eigenvalue weighted by molar-refractivity contribution is 7.90. The fourth-order valence-electron chi connectivity index (χ4n) is 1.08. The van der Waals surface area contributed by atoms with Crippen LogP contribution >= 0.6 is 0 Å². The second kappa shape index (κ2) is 3.57. The third-order valence-electron chi connectivity index (χ3n) is 2.06. The van der Waals surface area contributed by atoms with Crippen molar-refractivity contribution in [3.05, 3.63) is 29.6 Å². The summed E-state index contributed by atoms with van der Waals surface area (Å²) in [6.07, 6.45) is 1.05. The van der Waals surface area contributed by atoms with Crippen LogP contribution in [-0.4, -0.2) is 19.8 Å². The number of hydrogen-bond acceptors (Lipinski definition) is 3. The molecule has 3 nitrogen and oxygen atoms in total. The monoisotopic (exact) mass is 218 g/mol. The highest BCUT2D eigenvalue weighted by atomic mass is 32.2. The molecular weight excluding hydrogens is 207 g/mol. The van der Waals surface area contributed by atoms with Gasteiger partial charge in [-0.1, -0.05) is 6.07 Å². The van der Waals surface area contributed by atoms with Crippen LogP contribution in [0.15, 0.2) is 18.2 Å². The number of benzene rings is 1. The Morgan fingerprint density at radius 3 is 2.43 bits per heavy atom. The molecule has 5 heteroatoms. The van der Waals surface area contributed by atoms with Gasteiger partial charge in [0, 0.05) is 17.9 Å². The second-order valence-electron chi connectivity index (χ2n) is 3.18. The number of phenols is 1. The average Bonchev–Trinajstić information content (AvgIpc) is 2.01. The predicted molar refractivity (Wildman–Crippen MR) is 51.3 cm³/mol. The smallest absolute Gasteiger partial charge is 0.154 e. The first-order valence-electron chi connectivity index (χ1n) is 3.99. The van der Waals surface area contributed by atoms with E-state index < -0.39 is 20.9 Å². The van der Waals surface area contributed by atoms with Gasteiger partial charge in [-0.25, -0.2) is 12.8 Å². The van der Waals surface area contributed by atoms with Crippen molar-refractivity contribution in [2.24, 2.45) is 0 Å². The maximum absolute atomic E-state index is 13.2. The molecule has 0 radical (unpaired) electrons. The van der Waals surface area contributed by atoms with Gasteiger partial charge in [-0.2, -0.15) is 0 Å². The van der Waals surface area contributed by atoms with Crippen LogP contribution in [0.5, 0.6) is 5.75 Å². The first-order valence-corrected chi connectivity index (χ1v) is 5.95. The summed E-state index contributed by atoms with van der Waals surface area (Å²) >= 11 is 0. The number of aromatic hydroxyl groups is 1. The van der Waals surface area contributed by atoms with Gasteiger partial charge in [0.1, 0.15) is 11.6 Å². The van der Waals surface area contributed by atoms with Crippen molar-refractivity contribution in [2.45, 2.75) is 12.2 Å². The molecule has 0 aliphatic carbocycles. The molecule has 1 rings (SSSR count). The van der Waals surface area contributed by atoms with Gasteiger partial charge in [0.05, 0.1) is 5.25 Å². The summed E-state index contributed by atoms with van der Waals surface area (Å²) in [6, 6.07) is 3.44. The Labute approximate surface area is 82.1 Å². The SMILES string of the molecule is CC(c1ccc(O)cc1F)S(C)(=O)=O. The summed E-state index contributed by atoms with van der Waals surface area (Å²) in [5.74, 6) is -0.921. The second-order valence-corrected chi connectivity index (χ2v) is 5.54. The van der Waals surface area contributed by atoms with E-state index in [9.17, 15) is 12.8 Å². The molecule has 0 bridgehead atoms. The Morgan fingerprint density at radius 1 is 1.43 bits per heavy atom. The zero-order valence-corrected chi connectivity index (χ0v) is 8.68. The molecule has 1 aromatic carbocycles. The first kappa shape index (κ1) is 11.0. The molecule has 0 spiro atoms. The fourth-order valence-corrected chi connectivity index (χ4v) is 1.73. The van der Waals surface area contributed by atoms with Crippen LogP contribution in [0.25, 0.3) is 0 Å². The molecule has 0 saturated heterocycles. The van der Waals surface area contributed by atoms with Crippen LogP contribution in [0, 0.1) is 5.82 Å². The highest BCUT2D eigenvalue weighted by Gasteiger charge is 2.20. The molecule has 1 atom stereocenters. The van der Waals surface area contributed by atoms with Gasteiger partial charge in [-0.3, -0.25) is 0 Å². The zero-order chi connectivity index (χ0) is 10.9. The lowest BCUT2D eigenvalue weighted by Gasteiger charge is -2.10. The van der Waals surface area contributed by atoms with E-state index in [2.05, 4.69) is 0 Å². The minimum atomic E-state index is -3.31. The molecule has 0 aromatic heterocycles. The first-order chi connectivity index (χ1) is 6.32. The third-order valence-corrected chi connectivity index (χ3v) is 3.60. The van der Waals surface area contributed by atoms with Gasteiger partial charge in [0.25, 0.3) is 0 Å². The number of rotatable bonds is 2. The van der Waals surface area contributed by atoms with E-state index in [4.69, 9.17) is 5.11 Å². The summed E-state index contributed by atoms with van der Waals surface area (Å²) in [5.41, 5.74) is 0.0744. The van der Waals surface area contributed by atoms with Crippen LogP contribution in [0.1, 0.15) is 17.7 Å². The van der Waals surface area contributed by atoms with Crippen LogP contribution in [0.3, 0.4) is 0 Å². The van der Waals surface area contributed by atoms with Crippen LogP contribution < -0.4 is 0 Å². The maximum atomic E-state index is 13.2. The molecule has 14 heavy (non-hydrogen) atoms. The summed E-state index contributed by atoms with van der Waals surface area (Å²) in [7, 11) is -3.31. The van der Waals surface area contributed by atoms with Crippen LogP contribution in [0.4, 0.5) is 4.39 Å². The number of phenolic OH excluding ortho intramolecular Hbond substituents is 1. The lowest BCUT2D eigenvalue weighted by atomic mass is 10.1. The van der Waals surface area contributed by atoms with E-state index in [1.165, 1.54) is 19.1 Å². The van der Waals surface area contributed by atoms with Crippen LogP contribution in [-0.2, 0) is 9.84 Å². The van der Waals surface area contributed by atoms with Gasteiger partial charge in [-0.15, -0.1) is 0 Å². The van der Waals surface area contributed by atoms with Crippen molar-refractivity contribution >= 4 is 9.84 Å². The number of hydrogen-bond donors (Lipinski definition) is 1. The number of halogens is 1. The van der Waals surface area contributed by atoms with Crippen LogP contribution in [0.2, 0.25) is 0 Å². The summed E-state index contributed by atoms with van der Waals surface area (Å²) in [4.78, 5) is 0. The Bertz CT molecular complexity index is 439. The molecule has 78 valence electrons. The highest BCUT2D eigenvalue weighted by Crippen LogP contribution is 2.25. The fraction of sp³-hybridized carbons (Fsp3) is 0.333. The van der Waals surface area contributed by atoms with Crippen molar-refractivity contribution in [3.63, 3.8) is 0 Å².